The summed E-state index contributed by atoms with van der Waals surface area (Å²) >= 11 is 0. The summed E-state index contributed by atoms with van der Waals surface area (Å²) in [6, 6.07) is 5.84. The normalized spacial score (nSPS) is 10.8. The Morgan fingerprint density at radius 3 is 2.87 bits per heavy atom. The Hall–Kier alpha value is -1.68. The van der Waals surface area contributed by atoms with Crippen molar-refractivity contribution in [3.8, 4) is 5.75 Å². The molecule has 0 aliphatic carbocycles. The zero-order chi connectivity index (χ0) is 10.8. The number of hydrogen-bond donors (Lipinski definition) is 2. The molecule has 0 saturated carbocycles. The van der Waals surface area contributed by atoms with E-state index in [1.54, 1.807) is 11.8 Å². The molecule has 0 amide bonds. The molecule has 0 saturated heterocycles. The molecule has 4 nitrogen and oxygen atoms in total. The van der Waals surface area contributed by atoms with Crippen LogP contribution in [0.2, 0.25) is 0 Å². The number of fused-ring (bicyclic) bond motifs is 1. The van der Waals surface area contributed by atoms with Crippen molar-refractivity contribution >= 4 is 10.9 Å². The van der Waals surface area contributed by atoms with Gasteiger partial charge in [-0.3, -0.25) is 4.68 Å². The third-order valence-corrected chi connectivity index (χ3v) is 2.54. The van der Waals surface area contributed by atoms with Gasteiger partial charge in [-0.15, -0.1) is 0 Å². The highest BCUT2D eigenvalue weighted by Gasteiger charge is 2.07. The Kier molecular flexibility index (Phi) is 2.51. The average Bonchev–Trinajstić information content (AvgIpc) is 2.56. The molecule has 1 aromatic carbocycles. The van der Waals surface area contributed by atoms with Crippen LogP contribution in [0.3, 0.4) is 0 Å². The molecule has 2 aromatic rings. The molecule has 1 aromatic heterocycles. The van der Waals surface area contributed by atoms with Crippen molar-refractivity contribution in [2.75, 3.05) is 19.5 Å². The Morgan fingerprint density at radius 1 is 1.40 bits per heavy atom. The number of methoxy groups -OCH3 is 1. The van der Waals surface area contributed by atoms with Crippen LogP contribution in [0.25, 0.3) is 10.9 Å². The molecule has 4 N–H and O–H groups in total. The molecule has 0 bridgehead atoms. The van der Waals surface area contributed by atoms with Gasteiger partial charge in [0, 0.05) is 11.6 Å². The van der Waals surface area contributed by atoms with Crippen LogP contribution in [-0.4, -0.2) is 18.3 Å². The number of nitrogen functional groups attached to an aromatic ring is 1. The molecule has 0 aliphatic rings. The minimum Gasteiger partial charge on any atom is -0.497 e. The average molecular weight is 205 g/mol. The molecule has 0 unspecified atom stereocenters. The van der Waals surface area contributed by atoms with Crippen LogP contribution >= 0.6 is 0 Å². The van der Waals surface area contributed by atoms with Crippen molar-refractivity contribution in [2.45, 2.75) is 6.42 Å². The van der Waals surface area contributed by atoms with Gasteiger partial charge >= 0.3 is 0 Å². The van der Waals surface area contributed by atoms with E-state index >= 15 is 0 Å². The molecule has 80 valence electrons. The molecule has 0 spiro atoms. The third kappa shape index (κ3) is 1.64. The van der Waals surface area contributed by atoms with Gasteiger partial charge < -0.3 is 16.3 Å². The molecular weight excluding hydrogens is 190 g/mol. The lowest BCUT2D eigenvalue weighted by molar-refractivity contribution is 0.415. The van der Waals surface area contributed by atoms with Crippen molar-refractivity contribution in [3.63, 3.8) is 0 Å². The second kappa shape index (κ2) is 3.82. The van der Waals surface area contributed by atoms with Crippen LogP contribution in [0.1, 0.15) is 5.56 Å². The largest absolute Gasteiger partial charge is 0.497 e. The first kappa shape index (κ1) is 9.86. The fraction of sp³-hybridized carbons (Fsp3) is 0.273. The van der Waals surface area contributed by atoms with Gasteiger partial charge in [0.1, 0.15) is 5.75 Å². The van der Waals surface area contributed by atoms with E-state index < -0.39 is 0 Å². The SMILES string of the molecule is COc1ccc2c(c1)c(CCN)cn2N. The Morgan fingerprint density at radius 2 is 2.20 bits per heavy atom. The number of benzene rings is 1. The Balaban J connectivity index is 2.60. The first-order valence-corrected chi connectivity index (χ1v) is 4.89. The van der Waals surface area contributed by atoms with Crippen molar-refractivity contribution < 1.29 is 4.74 Å². The van der Waals surface area contributed by atoms with E-state index in [1.165, 1.54) is 0 Å². The number of ether oxygens (including phenoxy) is 1. The maximum atomic E-state index is 5.83. The van der Waals surface area contributed by atoms with Gasteiger partial charge in [-0.2, -0.15) is 0 Å². The maximum absolute atomic E-state index is 5.83. The first-order valence-electron chi connectivity index (χ1n) is 4.89. The highest BCUT2D eigenvalue weighted by Crippen LogP contribution is 2.24. The highest BCUT2D eigenvalue weighted by atomic mass is 16.5. The molecule has 15 heavy (non-hydrogen) atoms. The van der Waals surface area contributed by atoms with Crippen molar-refractivity contribution in [2.24, 2.45) is 5.73 Å². The van der Waals surface area contributed by atoms with Gasteiger partial charge in [0.2, 0.25) is 0 Å². The van der Waals surface area contributed by atoms with E-state index in [2.05, 4.69) is 0 Å². The van der Waals surface area contributed by atoms with Crippen molar-refractivity contribution in [3.05, 3.63) is 30.0 Å². The van der Waals surface area contributed by atoms with Crippen LogP contribution in [0, 0.1) is 0 Å². The summed E-state index contributed by atoms with van der Waals surface area (Å²) in [5.41, 5.74) is 7.71. The topological polar surface area (TPSA) is 66.2 Å². The predicted molar refractivity (Wildman–Crippen MR) is 61.4 cm³/mol. The Bertz CT molecular complexity index is 476. The molecule has 0 atom stereocenters. The fourth-order valence-electron chi connectivity index (χ4n) is 1.79. The molecule has 4 heteroatoms. The molecule has 0 radical (unpaired) electrons. The number of nitrogens with zero attached hydrogens (tertiary/aromatic N) is 1. The highest BCUT2D eigenvalue weighted by molar-refractivity contribution is 5.85. The summed E-state index contributed by atoms with van der Waals surface area (Å²) in [6.07, 6.45) is 2.74. The van der Waals surface area contributed by atoms with Gasteiger partial charge in [0.15, 0.2) is 0 Å². The van der Waals surface area contributed by atoms with E-state index in [4.69, 9.17) is 16.3 Å². The second-order valence-corrected chi connectivity index (χ2v) is 3.48. The van der Waals surface area contributed by atoms with Gasteiger partial charge in [0.05, 0.1) is 12.6 Å². The lowest BCUT2D eigenvalue weighted by atomic mass is 10.1. The maximum Gasteiger partial charge on any atom is 0.119 e. The van der Waals surface area contributed by atoms with Gasteiger partial charge in [-0.25, -0.2) is 0 Å². The lowest BCUT2D eigenvalue weighted by Crippen LogP contribution is -2.05. The minimum absolute atomic E-state index is 0.621. The van der Waals surface area contributed by atoms with Crippen molar-refractivity contribution in [1.29, 1.82) is 0 Å². The smallest absolute Gasteiger partial charge is 0.119 e. The summed E-state index contributed by atoms with van der Waals surface area (Å²) in [5.74, 6) is 6.67. The Labute approximate surface area is 88.4 Å². The number of hydrogen-bond acceptors (Lipinski definition) is 3. The fourth-order valence-corrected chi connectivity index (χ4v) is 1.79. The molecule has 1 heterocycles. The van der Waals surface area contributed by atoms with Crippen LogP contribution in [-0.2, 0) is 6.42 Å². The van der Waals surface area contributed by atoms with Crippen molar-refractivity contribution in [1.82, 2.24) is 4.68 Å². The van der Waals surface area contributed by atoms with E-state index in [1.807, 2.05) is 24.4 Å². The van der Waals surface area contributed by atoms with Crippen LogP contribution in [0.5, 0.6) is 5.75 Å². The quantitative estimate of drug-likeness (QED) is 0.730. The summed E-state index contributed by atoms with van der Waals surface area (Å²) in [4.78, 5) is 0. The lowest BCUT2D eigenvalue weighted by Gasteiger charge is -2.01. The minimum atomic E-state index is 0.621. The molecular formula is C11H15N3O. The summed E-state index contributed by atoms with van der Waals surface area (Å²) < 4.78 is 6.81. The van der Waals surface area contributed by atoms with Gasteiger partial charge in [0.25, 0.3) is 0 Å². The number of aromatic nitrogens is 1. The third-order valence-electron chi connectivity index (χ3n) is 2.54. The second-order valence-electron chi connectivity index (χ2n) is 3.48. The van der Waals surface area contributed by atoms with E-state index in [9.17, 15) is 0 Å². The van der Waals surface area contributed by atoms with Crippen LogP contribution in [0.4, 0.5) is 0 Å². The zero-order valence-corrected chi connectivity index (χ0v) is 8.73. The summed E-state index contributed by atoms with van der Waals surface area (Å²) in [6.45, 7) is 0.621. The standard InChI is InChI=1S/C11H15N3O/c1-15-9-2-3-11-10(6-9)8(4-5-12)7-14(11)13/h2-3,6-7H,4-5,12-13H2,1H3. The van der Waals surface area contributed by atoms with Gasteiger partial charge in [-0.1, -0.05) is 0 Å². The van der Waals surface area contributed by atoms with Crippen LogP contribution < -0.4 is 16.3 Å². The van der Waals surface area contributed by atoms with Gasteiger partial charge in [-0.05, 0) is 36.7 Å². The van der Waals surface area contributed by atoms with E-state index in [0.29, 0.717) is 6.54 Å². The van der Waals surface area contributed by atoms with Crippen LogP contribution in [0.15, 0.2) is 24.4 Å². The molecule has 0 aliphatic heterocycles. The summed E-state index contributed by atoms with van der Waals surface area (Å²) in [7, 11) is 1.66. The van der Waals surface area contributed by atoms with E-state index in [0.717, 1.165) is 28.6 Å². The number of rotatable bonds is 3. The molecule has 2 rings (SSSR count). The number of nitrogens with two attached hydrogens (primary N) is 2. The van der Waals surface area contributed by atoms with E-state index in [-0.39, 0.29) is 0 Å². The first-order chi connectivity index (χ1) is 7.26. The predicted octanol–water partition coefficient (Wildman–Crippen LogP) is 0.865. The molecule has 0 fully saturated rings. The monoisotopic (exact) mass is 205 g/mol. The summed E-state index contributed by atoms with van der Waals surface area (Å²) in [5, 5.41) is 1.11. The zero-order valence-electron chi connectivity index (χ0n) is 8.73.